The summed E-state index contributed by atoms with van der Waals surface area (Å²) in [5.74, 6) is 1.04. The molecule has 1 heterocycles. The number of phenols is 1. The van der Waals surface area contributed by atoms with Crippen molar-refractivity contribution in [3.63, 3.8) is 0 Å². The molecular weight excluding hydrogens is 370 g/mol. The molecule has 0 radical (unpaired) electrons. The summed E-state index contributed by atoms with van der Waals surface area (Å²) >= 11 is 0. The molecule has 2 aromatic rings. The topological polar surface area (TPSA) is 84.9 Å². The lowest BCUT2D eigenvalue weighted by atomic mass is 9.73. The van der Waals surface area contributed by atoms with Gasteiger partial charge in [0, 0.05) is 30.0 Å². The minimum atomic E-state index is -0.279. The predicted molar refractivity (Wildman–Crippen MR) is 107 cm³/mol. The fraction of sp³-hybridized carbons (Fsp3) is 0.304. The first-order valence-electron chi connectivity index (χ1n) is 9.57. The summed E-state index contributed by atoms with van der Waals surface area (Å²) in [6, 6.07) is 12.4. The maximum Gasteiger partial charge on any atom is 0.225 e. The Morgan fingerprint density at radius 3 is 2.28 bits per heavy atom. The van der Waals surface area contributed by atoms with Crippen molar-refractivity contribution in [3.05, 3.63) is 64.9 Å². The predicted octanol–water partition coefficient (Wildman–Crippen LogP) is 3.41. The van der Waals surface area contributed by atoms with Crippen molar-refractivity contribution in [1.29, 1.82) is 0 Å². The van der Waals surface area contributed by atoms with Crippen LogP contribution in [0.4, 0.5) is 0 Å². The van der Waals surface area contributed by atoms with E-state index in [2.05, 4.69) is 5.32 Å². The summed E-state index contributed by atoms with van der Waals surface area (Å²) in [4.78, 5) is 25.5. The van der Waals surface area contributed by atoms with Crippen LogP contribution in [-0.4, -0.2) is 31.0 Å². The van der Waals surface area contributed by atoms with Gasteiger partial charge in [0.1, 0.15) is 5.75 Å². The number of ether oxygens (including phenoxy) is 2. The molecule has 4 rings (SSSR count). The number of nitrogens with one attached hydrogen (secondary N) is 1. The van der Waals surface area contributed by atoms with Crippen LogP contribution in [0.3, 0.4) is 0 Å². The van der Waals surface area contributed by atoms with Gasteiger partial charge in [-0.15, -0.1) is 0 Å². The van der Waals surface area contributed by atoms with Gasteiger partial charge >= 0.3 is 0 Å². The molecule has 0 unspecified atom stereocenters. The van der Waals surface area contributed by atoms with E-state index < -0.39 is 0 Å². The molecule has 1 aliphatic carbocycles. The lowest BCUT2D eigenvalue weighted by molar-refractivity contribution is -0.122. The largest absolute Gasteiger partial charge is 0.508 e. The zero-order valence-electron chi connectivity index (χ0n) is 16.4. The van der Waals surface area contributed by atoms with Crippen molar-refractivity contribution in [2.45, 2.75) is 31.1 Å². The number of aromatic hydroxyl groups is 1. The summed E-state index contributed by atoms with van der Waals surface area (Å²) in [6.07, 6.45) is 1.19. The lowest BCUT2D eigenvalue weighted by Crippen LogP contribution is -2.38. The molecule has 0 bridgehead atoms. The Hall–Kier alpha value is -3.28. The minimum Gasteiger partial charge on any atom is -0.508 e. The molecule has 6 nitrogen and oxygen atoms in total. The summed E-state index contributed by atoms with van der Waals surface area (Å²) in [5, 5.41) is 12.5. The highest BCUT2D eigenvalue weighted by molar-refractivity contribution is 6.02. The van der Waals surface area contributed by atoms with Gasteiger partial charge in [-0.25, -0.2) is 0 Å². The summed E-state index contributed by atoms with van der Waals surface area (Å²) in [5.41, 5.74) is 3.23. The molecule has 6 heteroatoms. The third-order valence-corrected chi connectivity index (χ3v) is 5.71. The van der Waals surface area contributed by atoms with Gasteiger partial charge < -0.3 is 19.9 Å². The Bertz CT molecular complexity index is 993. The second-order valence-corrected chi connectivity index (χ2v) is 7.43. The van der Waals surface area contributed by atoms with Crippen molar-refractivity contribution in [1.82, 2.24) is 5.32 Å². The van der Waals surface area contributed by atoms with Crippen molar-refractivity contribution in [3.8, 4) is 17.2 Å². The maximum absolute atomic E-state index is 13.1. The van der Waals surface area contributed by atoms with Gasteiger partial charge in [-0.05, 0) is 47.7 Å². The molecule has 2 aromatic carbocycles. The van der Waals surface area contributed by atoms with Crippen LogP contribution >= 0.6 is 0 Å². The van der Waals surface area contributed by atoms with Crippen LogP contribution in [0.5, 0.6) is 17.2 Å². The van der Waals surface area contributed by atoms with Crippen LogP contribution in [-0.2, 0) is 9.59 Å². The van der Waals surface area contributed by atoms with Crippen LogP contribution in [0, 0.1) is 0 Å². The molecule has 29 heavy (non-hydrogen) atoms. The smallest absolute Gasteiger partial charge is 0.225 e. The molecule has 2 N–H and O–H groups in total. The number of rotatable bonds is 4. The first-order chi connectivity index (χ1) is 14.0. The minimum absolute atomic E-state index is 0.0417. The van der Waals surface area contributed by atoms with Crippen molar-refractivity contribution in [2.75, 3.05) is 14.2 Å². The van der Waals surface area contributed by atoms with Crippen molar-refractivity contribution < 1.29 is 24.2 Å². The van der Waals surface area contributed by atoms with E-state index in [1.165, 1.54) is 0 Å². The Morgan fingerprint density at radius 2 is 1.59 bits per heavy atom. The van der Waals surface area contributed by atoms with Crippen LogP contribution in [0.25, 0.3) is 0 Å². The van der Waals surface area contributed by atoms with Crippen LogP contribution in [0.2, 0.25) is 0 Å². The number of allylic oxidation sites excluding steroid dienone is 2. The van der Waals surface area contributed by atoms with E-state index in [-0.39, 0.29) is 35.7 Å². The fourth-order valence-electron chi connectivity index (χ4n) is 4.29. The molecule has 2 atom stereocenters. The average molecular weight is 393 g/mol. The van der Waals surface area contributed by atoms with E-state index in [1.54, 1.807) is 38.5 Å². The highest BCUT2D eigenvalue weighted by Gasteiger charge is 2.38. The molecule has 0 saturated carbocycles. The second-order valence-electron chi connectivity index (χ2n) is 7.43. The molecule has 1 amide bonds. The summed E-state index contributed by atoms with van der Waals surface area (Å²) in [6.45, 7) is 0. The zero-order chi connectivity index (χ0) is 20.5. The number of phenolic OH excluding ortho intramolecular Hbond substituents is 1. The number of methoxy groups -OCH3 is 2. The molecule has 0 fully saturated rings. The number of benzene rings is 2. The van der Waals surface area contributed by atoms with Crippen molar-refractivity contribution in [2.24, 2.45) is 0 Å². The molecular formula is C23H23NO5. The van der Waals surface area contributed by atoms with E-state index in [1.807, 2.05) is 18.2 Å². The van der Waals surface area contributed by atoms with Gasteiger partial charge in [-0.3, -0.25) is 9.59 Å². The summed E-state index contributed by atoms with van der Waals surface area (Å²) in [7, 11) is 3.16. The lowest BCUT2D eigenvalue weighted by Gasteiger charge is -2.34. The maximum atomic E-state index is 13.1. The van der Waals surface area contributed by atoms with E-state index >= 15 is 0 Å². The molecule has 0 saturated heterocycles. The summed E-state index contributed by atoms with van der Waals surface area (Å²) < 4.78 is 10.7. The molecule has 2 aliphatic rings. The normalized spacial score (nSPS) is 21.4. The third kappa shape index (κ3) is 3.58. The van der Waals surface area contributed by atoms with Gasteiger partial charge in [0.05, 0.1) is 14.2 Å². The average Bonchev–Trinajstić information content (AvgIpc) is 2.72. The van der Waals surface area contributed by atoms with Crippen LogP contribution in [0.1, 0.15) is 42.2 Å². The van der Waals surface area contributed by atoms with E-state index in [0.29, 0.717) is 35.6 Å². The van der Waals surface area contributed by atoms with E-state index in [4.69, 9.17) is 9.47 Å². The third-order valence-electron chi connectivity index (χ3n) is 5.71. The standard InChI is InChI=1S/C23H23NO5/c1-28-20-8-5-14(11-21(20)29-2)15-9-18-23(19(26)10-15)17(12-22(27)24-18)13-3-6-16(25)7-4-13/h3-8,11,15,17,25H,9-10,12H2,1-2H3,(H,24,27)/t15-,17-/m0/s1. The molecule has 0 aromatic heterocycles. The van der Waals surface area contributed by atoms with Crippen LogP contribution in [0.15, 0.2) is 53.7 Å². The number of amides is 1. The van der Waals surface area contributed by atoms with Crippen LogP contribution < -0.4 is 14.8 Å². The zero-order valence-corrected chi connectivity index (χ0v) is 16.4. The number of Topliss-reactive ketones (excluding diaryl/α,β-unsaturated/α-hetero) is 1. The Morgan fingerprint density at radius 1 is 0.897 bits per heavy atom. The fourth-order valence-corrected chi connectivity index (χ4v) is 4.29. The Labute approximate surface area is 169 Å². The van der Waals surface area contributed by atoms with Gasteiger partial charge in [0.2, 0.25) is 5.91 Å². The second kappa shape index (κ2) is 7.62. The number of carbonyl (C=O) groups excluding carboxylic acids is 2. The number of hydrogen-bond donors (Lipinski definition) is 2. The monoisotopic (exact) mass is 393 g/mol. The Kier molecular flexibility index (Phi) is 5.01. The quantitative estimate of drug-likeness (QED) is 0.832. The van der Waals surface area contributed by atoms with E-state index in [9.17, 15) is 14.7 Å². The first-order valence-corrected chi connectivity index (χ1v) is 9.57. The Balaban J connectivity index is 1.68. The first kappa shape index (κ1) is 19.1. The van der Waals surface area contributed by atoms with Gasteiger partial charge in [-0.2, -0.15) is 0 Å². The number of ketones is 1. The van der Waals surface area contributed by atoms with Gasteiger partial charge in [0.25, 0.3) is 0 Å². The molecule has 150 valence electrons. The molecule has 0 spiro atoms. The van der Waals surface area contributed by atoms with Gasteiger partial charge in [-0.1, -0.05) is 18.2 Å². The van der Waals surface area contributed by atoms with Crippen molar-refractivity contribution >= 4 is 11.7 Å². The van der Waals surface area contributed by atoms with E-state index in [0.717, 1.165) is 11.1 Å². The SMILES string of the molecule is COc1ccc([C@@H]2CC(=O)C3=C(C2)NC(=O)C[C@H]3c2ccc(O)cc2)cc1OC. The highest BCUT2D eigenvalue weighted by Crippen LogP contribution is 2.43. The highest BCUT2D eigenvalue weighted by atomic mass is 16.5. The number of carbonyl (C=O) groups is 2. The molecule has 1 aliphatic heterocycles. The van der Waals surface area contributed by atoms with Gasteiger partial charge in [0.15, 0.2) is 17.3 Å². The number of hydrogen-bond acceptors (Lipinski definition) is 5.